The molecule has 0 spiro atoms. The maximum atomic E-state index is 6.05. The Bertz CT molecular complexity index is 270. The topological polar surface area (TPSA) is 9.23 Å². The normalized spacial score (nSPS) is 37.9. The van der Waals surface area contributed by atoms with E-state index in [9.17, 15) is 0 Å². The predicted octanol–water partition coefficient (Wildman–Crippen LogP) is 3.97. The predicted molar refractivity (Wildman–Crippen MR) is 67.4 cm³/mol. The van der Waals surface area contributed by atoms with Crippen molar-refractivity contribution in [1.82, 2.24) is 0 Å². The van der Waals surface area contributed by atoms with Gasteiger partial charge in [0, 0.05) is 6.61 Å². The van der Waals surface area contributed by atoms with Crippen LogP contribution in [0, 0.1) is 11.8 Å². The largest absolute Gasteiger partial charge is 0.417 e. The maximum Gasteiger partial charge on any atom is 0.190 e. The van der Waals surface area contributed by atoms with Crippen molar-refractivity contribution in [2.75, 3.05) is 6.61 Å². The van der Waals surface area contributed by atoms with Gasteiger partial charge in [0.05, 0.1) is 0 Å². The molecule has 3 atom stereocenters. The molecule has 2 aliphatic rings. The molecular weight excluding hydrogens is 200 g/mol. The molecule has 2 saturated carbocycles. The number of allylic oxidation sites excluding steroid dienone is 2. The van der Waals surface area contributed by atoms with E-state index in [1.165, 1.54) is 19.3 Å². The van der Waals surface area contributed by atoms with E-state index in [0.717, 1.165) is 24.0 Å². The van der Waals surface area contributed by atoms with Crippen LogP contribution in [0.5, 0.6) is 0 Å². The highest BCUT2D eigenvalue weighted by Gasteiger charge is 2.49. The molecule has 0 saturated heterocycles. The molecule has 86 valence electrons. The summed E-state index contributed by atoms with van der Waals surface area (Å²) in [7, 11) is -1.39. The van der Waals surface area contributed by atoms with E-state index in [2.05, 4.69) is 33.0 Å². The van der Waals surface area contributed by atoms with Crippen molar-refractivity contribution in [2.45, 2.75) is 51.7 Å². The third-order valence-corrected chi connectivity index (χ3v) is 8.02. The van der Waals surface area contributed by atoms with Crippen LogP contribution in [0.1, 0.15) is 33.1 Å². The summed E-state index contributed by atoms with van der Waals surface area (Å²) in [6, 6.07) is 0. The second-order valence-corrected chi connectivity index (χ2v) is 9.88. The first-order valence-electron chi connectivity index (χ1n) is 6.37. The van der Waals surface area contributed by atoms with E-state index in [-0.39, 0.29) is 0 Å². The van der Waals surface area contributed by atoms with Gasteiger partial charge in [-0.05, 0) is 63.6 Å². The summed E-state index contributed by atoms with van der Waals surface area (Å²) >= 11 is 0. The van der Waals surface area contributed by atoms with Crippen molar-refractivity contribution < 1.29 is 4.43 Å². The lowest BCUT2D eigenvalue weighted by molar-refractivity contribution is 0.307. The Morgan fingerprint density at radius 2 is 2.13 bits per heavy atom. The maximum absolute atomic E-state index is 6.05. The molecular formula is C13H24OSi. The smallest absolute Gasteiger partial charge is 0.190 e. The fourth-order valence-electron chi connectivity index (χ4n) is 3.81. The molecule has 2 rings (SSSR count). The quantitative estimate of drug-likeness (QED) is 0.520. The van der Waals surface area contributed by atoms with Crippen molar-refractivity contribution in [2.24, 2.45) is 11.8 Å². The van der Waals surface area contributed by atoms with E-state index in [1.807, 2.05) is 0 Å². The Kier molecular flexibility index (Phi) is 3.09. The molecule has 0 radical (unpaired) electrons. The molecule has 0 aromatic carbocycles. The Morgan fingerprint density at radius 1 is 1.40 bits per heavy atom. The first-order chi connectivity index (χ1) is 7.08. The summed E-state index contributed by atoms with van der Waals surface area (Å²) < 4.78 is 6.05. The van der Waals surface area contributed by atoms with Gasteiger partial charge in [-0.25, -0.2) is 0 Å². The minimum Gasteiger partial charge on any atom is -0.417 e. The van der Waals surface area contributed by atoms with Crippen LogP contribution >= 0.6 is 0 Å². The van der Waals surface area contributed by atoms with Gasteiger partial charge in [-0.1, -0.05) is 11.6 Å². The molecule has 0 N–H and O–H groups in total. The van der Waals surface area contributed by atoms with Gasteiger partial charge in [-0.15, -0.1) is 0 Å². The minimum atomic E-state index is -1.39. The van der Waals surface area contributed by atoms with Crippen LogP contribution in [-0.2, 0) is 4.43 Å². The summed E-state index contributed by atoms with van der Waals surface area (Å²) in [4.78, 5) is 0. The Morgan fingerprint density at radius 3 is 2.60 bits per heavy atom. The lowest BCUT2D eigenvalue weighted by Gasteiger charge is -2.35. The van der Waals surface area contributed by atoms with Crippen LogP contribution in [0.2, 0.25) is 18.6 Å². The van der Waals surface area contributed by atoms with Gasteiger partial charge in [0.2, 0.25) is 0 Å². The molecule has 15 heavy (non-hydrogen) atoms. The van der Waals surface area contributed by atoms with Crippen LogP contribution < -0.4 is 0 Å². The lowest BCUT2D eigenvalue weighted by Crippen LogP contribution is -2.39. The van der Waals surface area contributed by atoms with Crippen LogP contribution in [0.4, 0.5) is 0 Å². The van der Waals surface area contributed by atoms with Gasteiger partial charge >= 0.3 is 0 Å². The van der Waals surface area contributed by atoms with E-state index < -0.39 is 8.32 Å². The van der Waals surface area contributed by atoms with Gasteiger partial charge < -0.3 is 4.43 Å². The molecule has 0 aliphatic heterocycles. The van der Waals surface area contributed by atoms with Gasteiger partial charge in [0.1, 0.15) is 0 Å². The van der Waals surface area contributed by atoms with E-state index in [0.29, 0.717) is 0 Å². The van der Waals surface area contributed by atoms with Gasteiger partial charge in [-0.3, -0.25) is 0 Å². The standard InChI is InChI=1S/C13H24OSi/c1-5-10-7-12-8-11(10)9-13(12)15(3,4)14-6-2/h5,11-13H,6-9H2,1-4H3. The third kappa shape index (κ3) is 1.94. The van der Waals surface area contributed by atoms with Gasteiger partial charge in [0.25, 0.3) is 0 Å². The van der Waals surface area contributed by atoms with E-state index >= 15 is 0 Å². The Balaban J connectivity index is 2.05. The van der Waals surface area contributed by atoms with Gasteiger partial charge in [0.15, 0.2) is 8.32 Å². The third-order valence-electron chi connectivity index (χ3n) is 4.50. The number of fused-ring (bicyclic) bond motifs is 2. The average molecular weight is 224 g/mol. The molecule has 0 heterocycles. The summed E-state index contributed by atoms with van der Waals surface area (Å²) in [5.41, 5.74) is 2.66. The molecule has 3 unspecified atom stereocenters. The molecule has 0 amide bonds. The van der Waals surface area contributed by atoms with Crippen molar-refractivity contribution in [3.63, 3.8) is 0 Å². The second kappa shape index (κ2) is 4.06. The van der Waals surface area contributed by atoms with Gasteiger partial charge in [-0.2, -0.15) is 0 Å². The summed E-state index contributed by atoms with van der Waals surface area (Å²) in [5, 5.41) is 0. The Labute approximate surface area is 95.0 Å². The summed E-state index contributed by atoms with van der Waals surface area (Å²) in [5.74, 6) is 1.87. The number of hydrogen-bond donors (Lipinski definition) is 0. The van der Waals surface area contributed by atoms with Crippen LogP contribution in [0.25, 0.3) is 0 Å². The van der Waals surface area contributed by atoms with Crippen molar-refractivity contribution in [1.29, 1.82) is 0 Å². The molecule has 2 aliphatic carbocycles. The molecule has 2 fully saturated rings. The summed E-state index contributed by atoms with van der Waals surface area (Å²) in [6.07, 6.45) is 6.60. The van der Waals surface area contributed by atoms with Crippen LogP contribution in [-0.4, -0.2) is 14.9 Å². The fourth-order valence-corrected chi connectivity index (χ4v) is 7.01. The first kappa shape index (κ1) is 11.4. The highest BCUT2D eigenvalue weighted by atomic mass is 28.4. The van der Waals surface area contributed by atoms with Crippen molar-refractivity contribution in [3.8, 4) is 0 Å². The second-order valence-electron chi connectivity index (χ2n) is 5.64. The first-order valence-corrected chi connectivity index (χ1v) is 9.36. The number of rotatable bonds is 3. The number of hydrogen-bond acceptors (Lipinski definition) is 1. The lowest BCUT2D eigenvalue weighted by atomic mass is 9.94. The van der Waals surface area contributed by atoms with Crippen molar-refractivity contribution >= 4 is 8.32 Å². The van der Waals surface area contributed by atoms with E-state index in [1.54, 1.807) is 5.57 Å². The van der Waals surface area contributed by atoms with Crippen LogP contribution in [0.3, 0.4) is 0 Å². The summed E-state index contributed by atoms with van der Waals surface area (Å²) in [6.45, 7) is 10.1. The SMILES string of the molecule is CC=C1CC2CC1CC2[Si](C)(C)OCC. The monoisotopic (exact) mass is 224 g/mol. The van der Waals surface area contributed by atoms with E-state index in [4.69, 9.17) is 4.43 Å². The Hall–Kier alpha value is -0.0831. The molecule has 0 aromatic rings. The fraction of sp³-hybridized carbons (Fsp3) is 0.846. The molecule has 2 heteroatoms. The molecule has 2 bridgehead atoms. The highest BCUT2D eigenvalue weighted by Crippen LogP contribution is 2.57. The molecule has 1 nitrogen and oxygen atoms in total. The zero-order valence-electron chi connectivity index (χ0n) is 10.5. The molecule has 0 aromatic heterocycles. The minimum absolute atomic E-state index is 0.906. The highest BCUT2D eigenvalue weighted by molar-refractivity contribution is 6.72. The average Bonchev–Trinajstić information content (AvgIpc) is 2.75. The zero-order chi connectivity index (χ0) is 11.1. The van der Waals surface area contributed by atoms with Crippen molar-refractivity contribution in [3.05, 3.63) is 11.6 Å². The zero-order valence-corrected chi connectivity index (χ0v) is 11.5. The van der Waals surface area contributed by atoms with Crippen LogP contribution in [0.15, 0.2) is 11.6 Å².